The number of hydrogen-bond donors (Lipinski definition) is 2. The van der Waals surface area contributed by atoms with Gasteiger partial charge in [-0.15, -0.1) is 0 Å². The van der Waals surface area contributed by atoms with E-state index in [-0.39, 0.29) is 50.5 Å². The number of piperidine rings is 1. The maximum absolute atomic E-state index is 12.6. The summed E-state index contributed by atoms with van der Waals surface area (Å²) in [6.07, 6.45) is 1.91. The lowest BCUT2D eigenvalue weighted by Crippen LogP contribution is -2.51. The molecule has 3 aromatic rings. The largest absolute Gasteiger partial charge is 0.388 e. The number of likely N-dealkylation sites (tertiary alicyclic amines) is 1. The third-order valence-corrected chi connectivity index (χ3v) is 6.03. The number of halogens is 2. The topological polar surface area (TPSA) is 105 Å². The van der Waals surface area contributed by atoms with Crippen molar-refractivity contribution in [3.63, 3.8) is 0 Å². The van der Waals surface area contributed by atoms with Gasteiger partial charge in [-0.05, 0) is 38.0 Å². The number of fused-ring (bicyclic) bond motifs is 1. The summed E-state index contributed by atoms with van der Waals surface area (Å²) in [5.41, 5.74) is 0.367. The van der Waals surface area contributed by atoms with Crippen LogP contribution in [-0.2, 0) is 16.1 Å². The molecule has 0 bridgehead atoms. The number of alkyl halides is 1. The standard InChI is InChI=1S/C18H20ClFN4O4.C7H8/c19-12-1-2-13-14(7-12)22-11-24(17(13)27)10-18(28)3-5-23(6-4-18)16(26)9-21-15(25)8-20;1-7-5-3-2-4-6-7/h1-2,7,11,28H,3-6,8-10H2,(H,21,25);2-6H,1H3. The van der Waals surface area contributed by atoms with Crippen LogP contribution in [0.1, 0.15) is 18.4 Å². The fourth-order valence-electron chi connectivity index (χ4n) is 3.76. The number of nitrogens with zero attached hydrogens (tertiary/aromatic N) is 3. The molecule has 0 aliphatic carbocycles. The predicted octanol–water partition coefficient (Wildman–Crippen LogP) is 2.48. The molecule has 2 heterocycles. The van der Waals surface area contributed by atoms with Gasteiger partial charge < -0.3 is 15.3 Å². The molecule has 0 radical (unpaired) electrons. The average Bonchev–Trinajstić information content (AvgIpc) is 2.85. The van der Waals surface area contributed by atoms with Gasteiger partial charge >= 0.3 is 0 Å². The van der Waals surface area contributed by atoms with Gasteiger partial charge in [0.15, 0.2) is 6.67 Å². The Morgan fingerprint density at radius 3 is 2.46 bits per heavy atom. The number of hydrogen-bond acceptors (Lipinski definition) is 5. The minimum atomic E-state index is -1.17. The molecular weight excluding hydrogens is 475 g/mol. The summed E-state index contributed by atoms with van der Waals surface area (Å²) in [7, 11) is 0. The second kappa shape index (κ2) is 11.9. The first-order valence-electron chi connectivity index (χ1n) is 11.2. The van der Waals surface area contributed by atoms with E-state index in [1.807, 2.05) is 18.2 Å². The number of amides is 2. The number of aryl methyl sites for hydroxylation is 1. The summed E-state index contributed by atoms with van der Waals surface area (Å²) in [6.45, 7) is 1.22. The van der Waals surface area contributed by atoms with Crippen LogP contribution in [0.15, 0.2) is 59.7 Å². The van der Waals surface area contributed by atoms with Gasteiger partial charge in [0.2, 0.25) is 5.91 Å². The van der Waals surface area contributed by atoms with Crippen molar-refractivity contribution in [1.29, 1.82) is 0 Å². The average molecular weight is 503 g/mol. The molecule has 2 N–H and O–H groups in total. The monoisotopic (exact) mass is 502 g/mol. The van der Waals surface area contributed by atoms with Gasteiger partial charge in [-0.25, -0.2) is 9.37 Å². The first kappa shape index (κ1) is 26.3. The zero-order valence-electron chi connectivity index (χ0n) is 19.4. The van der Waals surface area contributed by atoms with Crippen LogP contribution < -0.4 is 10.9 Å². The molecule has 1 aliphatic heterocycles. The number of aromatic nitrogens is 2. The Kier molecular flexibility index (Phi) is 8.95. The molecule has 0 atom stereocenters. The summed E-state index contributed by atoms with van der Waals surface area (Å²) in [5.74, 6) is -1.18. The van der Waals surface area contributed by atoms with E-state index < -0.39 is 18.2 Å². The molecule has 0 unspecified atom stereocenters. The van der Waals surface area contributed by atoms with E-state index in [0.29, 0.717) is 15.9 Å². The Balaban J connectivity index is 0.000000420. The highest BCUT2D eigenvalue weighted by molar-refractivity contribution is 6.31. The second-order valence-electron chi connectivity index (χ2n) is 8.51. The summed E-state index contributed by atoms with van der Waals surface area (Å²) in [4.78, 5) is 41.3. The Labute approximate surface area is 207 Å². The van der Waals surface area contributed by atoms with Crippen molar-refractivity contribution in [2.75, 3.05) is 26.3 Å². The SMILES string of the molecule is Cc1ccccc1.O=C(CF)NCC(=O)N1CCC(O)(Cn2cnc3cc(Cl)ccc3c2=O)CC1. The summed E-state index contributed by atoms with van der Waals surface area (Å²) >= 11 is 5.91. The Morgan fingerprint density at radius 1 is 1.17 bits per heavy atom. The van der Waals surface area contributed by atoms with Crippen molar-refractivity contribution in [1.82, 2.24) is 19.8 Å². The van der Waals surface area contributed by atoms with Crippen LogP contribution in [0.5, 0.6) is 0 Å². The second-order valence-corrected chi connectivity index (χ2v) is 8.95. The van der Waals surface area contributed by atoms with Gasteiger partial charge in [0.1, 0.15) is 0 Å². The zero-order chi connectivity index (χ0) is 25.4. The number of aliphatic hydroxyl groups is 1. The molecule has 4 rings (SSSR count). The quantitative estimate of drug-likeness (QED) is 0.558. The van der Waals surface area contributed by atoms with Crippen molar-refractivity contribution in [2.45, 2.75) is 31.9 Å². The molecule has 0 spiro atoms. The number of carbonyl (C=O) groups excluding carboxylic acids is 2. The Morgan fingerprint density at radius 2 is 1.86 bits per heavy atom. The predicted molar refractivity (Wildman–Crippen MR) is 132 cm³/mol. The maximum Gasteiger partial charge on any atom is 0.261 e. The molecule has 10 heteroatoms. The van der Waals surface area contributed by atoms with E-state index in [4.69, 9.17) is 11.6 Å². The number of rotatable bonds is 5. The fourth-order valence-corrected chi connectivity index (χ4v) is 3.93. The summed E-state index contributed by atoms with van der Waals surface area (Å²) in [6, 6.07) is 15.1. The van der Waals surface area contributed by atoms with E-state index in [9.17, 15) is 23.9 Å². The van der Waals surface area contributed by atoms with Crippen LogP contribution in [0, 0.1) is 6.92 Å². The van der Waals surface area contributed by atoms with E-state index in [1.165, 1.54) is 21.4 Å². The number of benzene rings is 2. The fraction of sp³-hybridized carbons (Fsp3) is 0.360. The van der Waals surface area contributed by atoms with Crippen LogP contribution in [0.4, 0.5) is 4.39 Å². The van der Waals surface area contributed by atoms with Crippen LogP contribution in [0.3, 0.4) is 0 Å². The van der Waals surface area contributed by atoms with Crippen molar-refractivity contribution in [2.24, 2.45) is 0 Å². The van der Waals surface area contributed by atoms with Gasteiger partial charge in [0.05, 0.1) is 35.9 Å². The van der Waals surface area contributed by atoms with Gasteiger partial charge in [-0.3, -0.25) is 19.0 Å². The first-order valence-corrected chi connectivity index (χ1v) is 11.6. The van der Waals surface area contributed by atoms with Crippen molar-refractivity contribution in [3.8, 4) is 0 Å². The van der Waals surface area contributed by atoms with E-state index >= 15 is 0 Å². The number of nitrogens with one attached hydrogen (secondary N) is 1. The van der Waals surface area contributed by atoms with Gasteiger partial charge in [-0.1, -0.05) is 47.5 Å². The Bertz CT molecular complexity index is 1230. The lowest BCUT2D eigenvalue weighted by atomic mass is 9.91. The summed E-state index contributed by atoms with van der Waals surface area (Å²) in [5, 5.41) is 13.9. The normalized spacial score (nSPS) is 14.7. The van der Waals surface area contributed by atoms with E-state index in [0.717, 1.165) is 0 Å². The van der Waals surface area contributed by atoms with Crippen LogP contribution in [0.25, 0.3) is 10.9 Å². The molecule has 186 valence electrons. The van der Waals surface area contributed by atoms with Crippen molar-refractivity contribution in [3.05, 3.63) is 75.8 Å². The molecule has 1 aliphatic rings. The molecular formula is C25H28ClFN4O4. The van der Waals surface area contributed by atoms with Crippen LogP contribution in [-0.4, -0.2) is 63.3 Å². The molecule has 1 aromatic heterocycles. The van der Waals surface area contributed by atoms with E-state index in [2.05, 4.69) is 29.4 Å². The Hall–Kier alpha value is -3.30. The van der Waals surface area contributed by atoms with Crippen LogP contribution >= 0.6 is 11.6 Å². The van der Waals surface area contributed by atoms with Gasteiger partial charge in [-0.2, -0.15) is 0 Å². The van der Waals surface area contributed by atoms with Gasteiger partial charge in [0, 0.05) is 18.1 Å². The van der Waals surface area contributed by atoms with E-state index in [1.54, 1.807) is 18.2 Å². The molecule has 1 saturated heterocycles. The number of carbonyl (C=O) groups is 2. The molecule has 2 amide bonds. The molecule has 2 aromatic carbocycles. The van der Waals surface area contributed by atoms with Crippen LogP contribution in [0.2, 0.25) is 5.02 Å². The van der Waals surface area contributed by atoms with Crippen molar-refractivity contribution < 1.29 is 19.1 Å². The zero-order valence-corrected chi connectivity index (χ0v) is 20.2. The molecule has 1 fully saturated rings. The van der Waals surface area contributed by atoms with Gasteiger partial charge in [0.25, 0.3) is 11.5 Å². The third-order valence-electron chi connectivity index (χ3n) is 5.80. The third kappa shape index (κ3) is 7.34. The maximum atomic E-state index is 12.6. The lowest BCUT2D eigenvalue weighted by molar-refractivity contribution is -0.137. The van der Waals surface area contributed by atoms with Crippen molar-refractivity contribution >= 4 is 34.3 Å². The minimum absolute atomic E-state index is 0.0536. The highest BCUT2D eigenvalue weighted by atomic mass is 35.5. The molecule has 8 nitrogen and oxygen atoms in total. The lowest BCUT2D eigenvalue weighted by Gasteiger charge is -2.38. The summed E-state index contributed by atoms with van der Waals surface area (Å²) < 4.78 is 13.5. The molecule has 0 saturated carbocycles. The smallest absolute Gasteiger partial charge is 0.261 e. The minimum Gasteiger partial charge on any atom is -0.388 e. The molecule has 35 heavy (non-hydrogen) atoms. The highest BCUT2D eigenvalue weighted by Crippen LogP contribution is 2.24. The highest BCUT2D eigenvalue weighted by Gasteiger charge is 2.34. The first-order chi connectivity index (χ1) is 16.7.